The third-order valence-electron chi connectivity index (χ3n) is 3.80. The Hall–Kier alpha value is -3.52. The first-order valence-corrected chi connectivity index (χ1v) is 8.45. The summed E-state index contributed by atoms with van der Waals surface area (Å²) in [5, 5.41) is 11.9. The third kappa shape index (κ3) is 3.42. The zero-order valence-corrected chi connectivity index (χ0v) is 15.0. The SMILES string of the molecule is Cc1nc(C(=O)Nc2cccnc2-n2cccn2)nn1-c1ccc(Cl)cc1. The van der Waals surface area contributed by atoms with Crippen LogP contribution in [0.25, 0.3) is 11.5 Å². The quantitative estimate of drug-likeness (QED) is 0.588. The Morgan fingerprint density at radius 2 is 1.93 bits per heavy atom. The minimum atomic E-state index is -0.438. The number of amides is 1. The number of nitrogens with zero attached hydrogens (tertiary/aromatic N) is 6. The number of pyridine rings is 1. The standard InChI is InChI=1S/C18H14ClN7O/c1-12-22-16(24-26(12)14-7-5-13(19)6-8-14)18(27)23-15-4-2-9-20-17(15)25-11-3-10-21-25/h2-11H,1H3,(H,23,27). The molecule has 4 rings (SSSR count). The molecule has 0 atom stereocenters. The van der Waals surface area contributed by atoms with Crippen molar-refractivity contribution >= 4 is 23.2 Å². The molecule has 27 heavy (non-hydrogen) atoms. The van der Waals surface area contributed by atoms with Gasteiger partial charge >= 0.3 is 0 Å². The predicted octanol–water partition coefficient (Wildman–Crippen LogP) is 3.06. The highest BCUT2D eigenvalue weighted by Crippen LogP contribution is 2.18. The molecule has 3 heterocycles. The molecule has 0 radical (unpaired) electrons. The molecule has 0 fully saturated rings. The first-order chi connectivity index (χ1) is 13.1. The molecule has 134 valence electrons. The van der Waals surface area contributed by atoms with E-state index in [9.17, 15) is 4.79 Å². The number of benzene rings is 1. The summed E-state index contributed by atoms with van der Waals surface area (Å²) in [7, 11) is 0. The molecule has 3 aromatic heterocycles. The van der Waals surface area contributed by atoms with E-state index in [1.807, 2.05) is 12.1 Å². The van der Waals surface area contributed by atoms with Crippen LogP contribution in [0.2, 0.25) is 5.02 Å². The summed E-state index contributed by atoms with van der Waals surface area (Å²) in [6.45, 7) is 1.78. The van der Waals surface area contributed by atoms with E-state index in [1.165, 1.54) is 0 Å². The number of carbonyl (C=O) groups is 1. The summed E-state index contributed by atoms with van der Waals surface area (Å²) >= 11 is 5.92. The van der Waals surface area contributed by atoms with Gasteiger partial charge < -0.3 is 5.32 Å². The predicted molar refractivity (Wildman–Crippen MR) is 100 cm³/mol. The van der Waals surface area contributed by atoms with Crippen LogP contribution < -0.4 is 5.32 Å². The molecule has 0 saturated carbocycles. The van der Waals surface area contributed by atoms with Gasteiger partial charge in [0.1, 0.15) is 5.82 Å². The Kier molecular flexibility index (Phi) is 4.39. The van der Waals surface area contributed by atoms with Crippen LogP contribution in [0.3, 0.4) is 0 Å². The van der Waals surface area contributed by atoms with E-state index in [-0.39, 0.29) is 5.82 Å². The van der Waals surface area contributed by atoms with Gasteiger partial charge in [-0.2, -0.15) is 5.10 Å². The first kappa shape index (κ1) is 16.9. The van der Waals surface area contributed by atoms with Crippen molar-refractivity contribution < 1.29 is 4.79 Å². The Morgan fingerprint density at radius 1 is 1.11 bits per heavy atom. The van der Waals surface area contributed by atoms with Gasteiger partial charge in [0.2, 0.25) is 5.82 Å². The van der Waals surface area contributed by atoms with Crippen molar-refractivity contribution in [3.05, 3.63) is 77.7 Å². The van der Waals surface area contributed by atoms with Crippen LogP contribution in [-0.4, -0.2) is 35.4 Å². The van der Waals surface area contributed by atoms with Crippen molar-refractivity contribution in [3.8, 4) is 11.5 Å². The number of hydrogen-bond donors (Lipinski definition) is 1. The molecule has 1 aromatic carbocycles. The lowest BCUT2D eigenvalue weighted by Gasteiger charge is -2.08. The van der Waals surface area contributed by atoms with Gasteiger partial charge in [-0.05, 0) is 49.4 Å². The van der Waals surface area contributed by atoms with E-state index >= 15 is 0 Å². The van der Waals surface area contributed by atoms with Gasteiger partial charge in [0.25, 0.3) is 5.91 Å². The van der Waals surface area contributed by atoms with Crippen LogP contribution in [0.4, 0.5) is 5.69 Å². The average Bonchev–Trinajstić information content (AvgIpc) is 3.33. The smallest absolute Gasteiger partial charge is 0.295 e. The molecule has 0 unspecified atom stereocenters. The van der Waals surface area contributed by atoms with Gasteiger partial charge in [0, 0.05) is 23.6 Å². The fourth-order valence-corrected chi connectivity index (χ4v) is 2.69. The minimum absolute atomic E-state index is 0.0534. The highest BCUT2D eigenvalue weighted by atomic mass is 35.5. The molecule has 0 bridgehead atoms. The van der Waals surface area contributed by atoms with Gasteiger partial charge in [0.15, 0.2) is 5.82 Å². The largest absolute Gasteiger partial charge is 0.316 e. The van der Waals surface area contributed by atoms with Crippen molar-refractivity contribution in [1.29, 1.82) is 0 Å². The molecule has 9 heteroatoms. The van der Waals surface area contributed by atoms with Crippen LogP contribution >= 0.6 is 11.6 Å². The Labute approximate surface area is 159 Å². The number of rotatable bonds is 4. The minimum Gasteiger partial charge on any atom is -0.316 e. The van der Waals surface area contributed by atoms with Gasteiger partial charge in [-0.1, -0.05) is 11.6 Å². The van der Waals surface area contributed by atoms with E-state index in [1.54, 1.807) is 65.2 Å². The summed E-state index contributed by atoms with van der Waals surface area (Å²) in [6, 6.07) is 12.4. The van der Waals surface area contributed by atoms with E-state index in [4.69, 9.17) is 11.6 Å². The maximum atomic E-state index is 12.7. The number of nitrogens with one attached hydrogen (secondary N) is 1. The van der Waals surface area contributed by atoms with Crippen molar-refractivity contribution in [2.45, 2.75) is 6.92 Å². The summed E-state index contributed by atoms with van der Waals surface area (Å²) in [4.78, 5) is 21.2. The normalized spacial score (nSPS) is 10.7. The maximum Gasteiger partial charge on any atom is 0.295 e. The van der Waals surface area contributed by atoms with Crippen LogP contribution in [0, 0.1) is 6.92 Å². The maximum absolute atomic E-state index is 12.7. The Morgan fingerprint density at radius 3 is 2.67 bits per heavy atom. The van der Waals surface area contributed by atoms with Gasteiger partial charge in [-0.3, -0.25) is 4.79 Å². The number of aryl methyl sites for hydroxylation is 1. The molecule has 0 aliphatic carbocycles. The highest BCUT2D eigenvalue weighted by molar-refractivity contribution is 6.30. The first-order valence-electron chi connectivity index (χ1n) is 8.08. The lowest BCUT2D eigenvalue weighted by atomic mass is 10.3. The van der Waals surface area contributed by atoms with Crippen LogP contribution in [0.15, 0.2) is 61.1 Å². The molecule has 1 amide bonds. The molecular weight excluding hydrogens is 366 g/mol. The molecule has 8 nitrogen and oxygen atoms in total. The second-order valence-corrected chi connectivity index (χ2v) is 6.09. The van der Waals surface area contributed by atoms with Crippen molar-refractivity contribution in [1.82, 2.24) is 29.5 Å². The molecule has 0 aliphatic rings. The molecule has 0 saturated heterocycles. The number of aromatic nitrogens is 6. The number of carbonyl (C=O) groups excluding carboxylic acids is 1. The monoisotopic (exact) mass is 379 g/mol. The van der Waals surface area contributed by atoms with E-state index in [0.29, 0.717) is 22.4 Å². The second-order valence-electron chi connectivity index (χ2n) is 5.65. The molecular formula is C18H14ClN7O. The van der Waals surface area contributed by atoms with Gasteiger partial charge in [0.05, 0.1) is 11.4 Å². The second kappa shape index (κ2) is 7.00. The molecule has 0 spiro atoms. The number of anilines is 1. The topological polar surface area (TPSA) is 90.5 Å². The number of halogens is 1. The molecule has 1 N–H and O–H groups in total. The fourth-order valence-electron chi connectivity index (χ4n) is 2.56. The van der Waals surface area contributed by atoms with Gasteiger partial charge in [-0.25, -0.2) is 19.3 Å². The highest BCUT2D eigenvalue weighted by Gasteiger charge is 2.17. The molecule has 4 aromatic rings. The summed E-state index contributed by atoms with van der Waals surface area (Å²) in [5.74, 6) is 0.704. The van der Waals surface area contributed by atoms with Crippen molar-refractivity contribution in [2.24, 2.45) is 0 Å². The Balaban J connectivity index is 1.62. The van der Waals surface area contributed by atoms with Crippen molar-refractivity contribution in [2.75, 3.05) is 5.32 Å². The summed E-state index contributed by atoms with van der Waals surface area (Å²) in [6.07, 6.45) is 5.01. The lowest BCUT2D eigenvalue weighted by molar-refractivity contribution is 0.101. The fraction of sp³-hybridized carbons (Fsp3) is 0.0556. The van der Waals surface area contributed by atoms with Crippen LogP contribution in [0.5, 0.6) is 0 Å². The van der Waals surface area contributed by atoms with Crippen LogP contribution in [0.1, 0.15) is 16.4 Å². The van der Waals surface area contributed by atoms with Crippen molar-refractivity contribution in [3.63, 3.8) is 0 Å². The van der Waals surface area contributed by atoms with Crippen LogP contribution in [-0.2, 0) is 0 Å². The van der Waals surface area contributed by atoms with E-state index in [2.05, 4.69) is 25.5 Å². The summed E-state index contributed by atoms with van der Waals surface area (Å²) in [5.41, 5.74) is 1.27. The molecule has 0 aliphatic heterocycles. The Bertz CT molecular complexity index is 1090. The van der Waals surface area contributed by atoms with E-state index < -0.39 is 5.91 Å². The zero-order chi connectivity index (χ0) is 18.8. The third-order valence-corrected chi connectivity index (χ3v) is 4.05. The lowest BCUT2D eigenvalue weighted by Crippen LogP contribution is -2.16. The van der Waals surface area contributed by atoms with E-state index in [0.717, 1.165) is 5.69 Å². The average molecular weight is 380 g/mol. The number of hydrogen-bond acceptors (Lipinski definition) is 5. The zero-order valence-electron chi connectivity index (χ0n) is 14.2. The summed E-state index contributed by atoms with van der Waals surface area (Å²) < 4.78 is 3.16. The van der Waals surface area contributed by atoms with Gasteiger partial charge in [-0.15, -0.1) is 5.10 Å².